The van der Waals surface area contributed by atoms with E-state index in [9.17, 15) is 14.4 Å². The van der Waals surface area contributed by atoms with Crippen molar-refractivity contribution in [1.29, 1.82) is 0 Å². The SMILES string of the molecule is COCC(=O)N1CCN(C(=O)NC(C)C)C[C@]2(CC(=O)N(C)C2)C1. The number of nitrogens with one attached hydrogen (secondary N) is 1. The molecule has 0 radical (unpaired) electrons. The van der Waals surface area contributed by atoms with Gasteiger partial charge in [-0.1, -0.05) is 0 Å². The molecular formula is C16H28N4O4. The lowest BCUT2D eigenvalue weighted by Crippen LogP contribution is -2.49. The van der Waals surface area contributed by atoms with Crippen LogP contribution in [0, 0.1) is 5.41 Å². The number of likely N-dealkylation sites (tertiary alicyclic amines) is 1. The van der Waals surface area contributed by atoms with E-state index < -0.39 is 5.41 Å². The fourth-order valence-electron chi connectivity index (χ4n) is 3.51. The number of carbonyl (C=O) groups is 3. The van der Waals surface area contributed by atoms with Crippen molar-refractivity contribution in [2.45, 2.75) is 26.3 Å². The number of ether oxygens (including phenoxy) is 1. The zero-order valence-corrected chi connectivity index (χ0v) is 15.0. The van der Waals surface area contributed by atoms with Crippen LogP contribution in [0.15, 0.2) is 0 Å². The molecule has 0 unspecified atom stereocenters. The highest BCUT2D eigenvalue weighted by atomic mass is 16.5. The van der Waals surface area contributed by atoms with Crippen LogP contribution in [0.3, 0.4) is 0 Å². The number of nitrogens with zero attached hydrogens (tertiary/aromatic N) is 3. The highest BCUT2D eigenvalue weighted by Crippen LogP contribution is 2.34. The number of rotatable bonds is 3. The summed E-state index contributed by atoms with van der Waals surface area (Å²) >= 11 is 0. The zero-order valence-electron chi connectivity index (χ0n) is 15.0. The Morgan fingerprint density at radius 3 is 2.38 bits per heavy atom. The van der Waals surface area contributed by atoms with E-state index in [-0.39, 0.29) is 30.5 Å². The molecule has 0 aliphatic carbocycles. The lowest BCUT2D eigenvalue weighted by atomic mass is 9.86. The molecule has 8 nitrogen and oxygen atoms in total. The van der Waals surface area contributed by atoms with Crippen molar-refractivity contribution >= 4 is 17.8 Å². The number of hydrogen-bond acceptors (Lipinski definition) is 4. The molecule has 0 aromatic carbocycles. The van der Waals surface area contributed by atoms with E-state index in [1.165, 1.54) is 7.11 Å². The number of carbonyl (C=O) groups excluding carboxylic acids is 3. The lowest BCUT2D eigenvalue weighted by molar-refractivity contribution is -0.136. The summed E-state index contributed by atoms with van der Waals surface area (Å²) in [5.41, 5.74) is -0.417. The van der Waals surface area contributed by atoms with Crippen LogP contribution < -0.4 is 5.32 Å². The van der Waals surface area contributed by atoms with Crippen molar-refractivity contribution in [3.63, 3.8) is 0 Å². The Bertz CT molecular complexity index is 510. The second-order valence-corrected chi connectivity index (χ2v) is 7.20. The molecule has 2 rings (SSSR count). The number of urea groups is 1. The van der Waals surface area contributed by atoms with E-state index in [1.54, 1.807) is 21.7 Å². The minimum Gasteiger partial charge on any atom is -0.375 e. The number of amides is 4. The molecule has 0 bridgehead atoms. The Labute approximate surface area is 143 Å². The van der Waals surface area contributed by atoms with Crippen molar-refractivity contribution in [3.05, 3.63) is 0 Å². The van der Waals surface area contributed by atoms with E-state index in [4.69, 9.17) is 4.74 Å². The van der Waals surface area contributed by atoms with Gasteiger partial charge in [0.1, 0.15) is 6.61 Å². The molecular weight excluding hydrogens is 312 g/mol. The molecule has 0 aromatic heterocycles. The summed E-state index contributed by atoms with van der Waals surface area (Å²) in [5, 5.41) is 2.90. The molecule has 24 heavy (non-hydrogen) atoms. The van der Waals surface area contributed by atoms with Crippen LogP contribution in [-0.2, 0) is 14.3 Å². The molecule has 0 saturated carbocycles. The largest absolute Gasteiger partial charge is 0.375 e. The monoisotopic (exact) mass is 340 g/mol. The molecule has 4 amide bonds. The third kappa shape index (κ3) is 4.17. The van der Waals surface area contributed by atoms with Crippen LogP contribution in [0.1, 0.15) is 20.3 Å². The predicted molar refractivity (Wildman–Crippen MR) is 88.4 cm³/mol. The maximum Gasteiger partial charge on any atom is 0.317 e. The fourth-order valence-corrected chi connectivity index (χ4v) is 3.51. The van der Waals surface area contributed by atoms with Crippen LogP contribution in [0.5, 0.6) is 0 Å². The van der Waals surface area contributed by atoms with Crippen LogP contribution in [0.25, 0.3) is 0 Å². The Morgan fingerprint density at radius 1 is 1.21 bits per heavy atom. The van der Waals surface area contributed by atoms with Crippen LogP contribution in [0.2, 0.25) is 0 Å². The van der Waals surface area contributed by atoms with E-state index in [0.717, 1.165) is 0 Å². The molecule has 0 aromatic rings. The van der Waals surface area contributed by atoms with Crippen molar-refractivity contribution in [2.24, 2.45) is 5.41 Å². The first-order valence-electron chi connectivity index (χ1n) is 8.32. The highest BCUT2D eigenvalue weighted by molar-refractivity contribution is 5.81. The summed E-state index contributed by atoms with van der Waals surface area (Å²) in [5.74, 6) is -0.0507. The third-order valence-corrected chi connectivity index (χ3v) is 4.54. The Kier molecular flexibility index (Phi) is 5.69. The normalized spacial score (nSPS) is 24.7. The van der Waals surface area contributed by atoms with Gasteiger partial charge in [-0.3, -0.25) is 9.59 Å². The maximum atomic E-state index is 12.5. The topological polar surface area (TPSA) is 82.2 Å². The summed E-state index contributed by atoms with van der Waals surface area (Å²) in [7, 11) is 3.25. The Balaban J connectivity index is 2.20. The summed E-state index contributed by atoms with van der Waals surface area (Å²) < 4.78 is 4.96. The van der Waals surface area contributed by atoms with Gasteiger partial charge in [0.15, 0.2) is 0 Å². The van der Waals surface area contributed by atoms with Gasteiger partial charge in [0.05, 0.1) is 0 Å². The van der Waals surface area contributed by atoms with Crippen LogP contribution in [0.4, 0.5) is 4.79 Å². The van der Waals surface area contributed by atoms with Crippen LogP contribution in [-0.4, -0.2) is 92.1 Å². The maximum absolute atomic E-state index is 12.5. The summed E-state index contributed by atoms with van der Waals surface area (Å²) in [4.78, 5) is 42.0. The first-order valence-corrected chi connectivity index (χ1v) is 8.32. The average molecular weight is 340 g/mol. The third-order valence-electron chi connectivity index (χ3n) is 4.54. The molecule has 2 aliphatic rings. The summed E-state index contributed by atoms with van der Waals surface area (Å²) in [6.07, 6.45) is 0.353. The minimum atomic E-state index is -0.417. The van der Waals surface area contributed by atoms with Gasteiger partial charge < -0.3 is 24.8 Å². The quantitative estimate of drug-likeness (QED) is 0.768. The van der Waals surface area contributed by atoms with Gasteiger partial charge in [0.2, 0.25) is 11.8 Å². The predicted octanol–water partition coefficient (Wildman–Crippen LogP) is -0.256. The van der Waals surface area contributed by atoms with Gasteiger partial charge in [-0.05, 0) is 13.8 Å². The summed E-state index contributed by atoms with van der Waals surface area (Å²) in [6.45, 7) is 6.22. The Morgan fingerprint density at radius 2 is 1.83 bits per heavy atom. The second-order valence-electron chi connectivity index (χ2n) is 7.20. The molecule has 8 heteroatoms. The average Bonchev–Trinajstić information content (AvgIpc) is 2.66. The van der Waals surface area contributed by atoms with E-state index in [2.05, 4.69) is 5.32 Å². The molecule has 2 aliphatic heterocycles. The fraction of sp³-hybridized carbons (Fsp3) is 0.812. The van der Waals surface area contributed by atoms with E-state index >= 15 is 0 Å². The highest BCUT2D eigenvalue weighted by Gasteiger charge is 2.47. The number of methoxy groups -OCH3 is 1. The van der Waals surface area contributed by atoms with Gasteiger partial charge >= 0.3 is 6.03 Å². The van der Waals surface area contributed by atoms with Gasteiger partial charge in [0.25, 0.3) is 0 Å². The van der Waals surface area contributed by atoms with Crippen molar-refractivity contribution < 1.29 is 19.1 Å². The second kappa shape index (κ2) is 7.38. The first-order chi connectivity index (χ1) is 11.3. The van der Waals surface area contributed by atoms with E-state index in [0.29, 0.717) is 39.1 Å². The van der Waals surface area contributed by atoms with Gasteiger partial charge in [-0.15, -0.1) is 0 Å². The van der Waals surface area contributed by atoms with Gasteiger partial charge in [0, 0.05) is 64.8 Å². The van der Waals surface area contributed by atoms with Crippen molar-refractivity contribution in [3.8, 4) is 0 Å². The molecule has 1 atom stereocenters. The standard InChI is InChI=1S/C16H28N4O4/c1-12(2)17-15(23)20-6-5-19(14(22)8-24-4)10-16(11-20)7-13(21)18(3)9-16/h12H,5-11H2,1-4H3,(H,17,23)/t16-/m0/s1. The number of hydrogen-bond donors (Lipinski definition) is 1. The minimum absolute atomic E-state index is 0.0120. The summed E-state index contributed by atoms with van der Waals surface area (Å²) in [6, 6.07) is -0.108. The zero-order chi connectivity index (χ0) is 17.9. The van der Waals surface area contributed by atoms with Crippen molar-refractivity contribution in [2.75, 3.05) is 53.5 Å². The Hall–Kier alpha value is -1.83. The molecule has 1 spiro atoms. The smallest absolute Gasteiger partial charge is 0.317 e. The first kappa shape index (κ1) is 18.5. The molecule has 2 fully saturated rings. The van der Waals surface area contributed by atoms with Crippen LogP contribution >= 0.6 is 0 Å². The molecule has 2 heterocycles. The van der Waals surface area contributed by atoms with Gasteiger partial charge in [-0.2, -0.15) is 0 Å². The lowest BCUT2D eigenvalue weighted by Gasteiger charge is -2.33. The van der Waals surface area contributed by atoms with E-state index in [1.807, 2.05) is 13.8 Å². The van der Waals surface area contributed by atoms with Crippen molar-refractivity contribution in [1.82, 2.24) is 20.0 Å². The molecule has 136 valence electrons. The molecule has 2 saturated heterocycles. The molecule has 1 N–H and O–H groups in total. The van der Waals surface area contributed by atoms with Gasteiger partial charge in [-0.25, -0.2) is 4.79 Å².